The summed E-state index contributed by atoms with van der Waals surface area (Å²) >= 11 is 0. The molecule has 0 saturated carbocycles. The molecule has 0 saturated heterocycles. The van der Waals surface area contributed by atoms with Crippen LogP contribution in [0.1, 0.15) is 44.7 Å². The molecule has 0 bridgehead atoms. The molecule has 0 unspecified atom stereocenters. The lowest BCUT2D eigenvalue weighted by Crippen LogP contribution is -2.15. The van der Waals surface area contributed by atoms with E-state index in [1.54, 1.807) is 12.1 Å². The number of aryl methyl sites for hydroxylation is 1. The molecular weight excluding hydrogens is 284 g/mol. The molecule has 1 aromatic carbocycles. The van der Waals surface area contributed by atoms with E-state index < -0.39 is 11.8 Å². The molecule has 0 aliphatic rings. The van der Waals surface area contributed by atoms with Gasteiger partial charge in [0, 0.05) is 18.9 Å². The summed E-state index contributed by atoms with van der Waals surface area (Å²) in [6.45, 7) is 2.10. The smallest absolute Gasteiger partial charge is 0.355 e. The van der Waals surface area contributed by atoms with Gasteiger partial charge >= 0.3 is 5.97 Å². The third kappa shape index (κ3) is 3.35. The Bertz CT molecular complexity index is 696. The van der Waals surface area contributed by atoms with Crippen LogP contribution in [-0.2, 0) is 17.8 Å². The van der Waals surface area contributed by atoms with E-state index in [9.17, 15) is 14.7 Å². The van der Waals surface area contributed by atoms with Gasteiger partial charge in [-0.05, 0) is 12.0 Å². The van der Waals surface area contributed by atoms with Crippen molar-refractivity contribution in [2.24, 2.45) is 0 Å². The number of carboxylic acids is 1. The first kappa shape index (κ1) is 15.8. The minimum atomic E-state index is -1.27. The van der Waals surface area contributed by atoms with Gasteiger partial charge in [0.25, 0.3) is 0 Å². The van der Waals surface area contributed by atoms with Gasteiger partial charge in [0.05, 0.1) is 5.56 Å². The molecule has 0 fully saturated rings. The fourth-order valence-electron chi connectivity index (χ4n) is 1.99. The molecule has 0 aliphatic carbocycles. The highest BCUT2D eigenvalue weighted by molar-refractivity contribution is 6.13. The summed E-state index contributed by atoms with van der Waals surface area (Å²) in [6.07, 6.45) is 2.10. The normalized spacial score (nSPS) is 10.5. The van der Waals surface area contributed by atoms with Gasteiger partial charge in [-0.15, -0.1) is 0 Å². The molecule has 1 aromatic heterocycles. The zero-order valence-corrected chi connectivity index (χ0v) is 12.4. The highest BCUT2D eigenvalue weighted by atomic mass is 16.5. The van der Waals surface area contributed by atoms with Gasteiger partial charge < -0.3 is 9.84 Å². The van der Waals surface area contributed by atoms with Crippen LogP contribution in [0.5, 0.6) is 0 Å². The van der Waals surface area contributed by atoms with Gasteiger partial charge in [0.2, 0.25) is 0 Å². The summed E-state index contributed by atoms with van der Waals surface area (Å²) in [5.41, 5.74) is 1.16. The molecular formula is C16H16N2O4. The second-order valence-corrected chi connectivity index (χ2v) is 4.67. The van der Waals surface area contributed by atoms with Gasteiger partial charge in [-0.25, -0.2) is 14.8 Å². The Kier molecular flexibility index (Phi) is 4.95. The molecule has 6 nitrogen and oxygen atoms in total. The van der Waals surface area contributed by atoms with Crippen molar-refractivity contribution in [3.63, 3.8) is 0 Å². The SMILES string of the molecule is CCc1ccc(C(=O)c2cnc(COC)nc2C(=O)O)cc1. The van der Waals surface area contributed by atoms with Crippen LogP contribution in [0.4, 0.5) is 0 Å². The molecule has 0 radical (unpaired) electrons. The van der Waals surface area contributed by atoms with Crippen molar-refractivity contribution in [3.8, 4) is 0 Å². The van der Waals surface area contributed by atoms with Gasteiger partial charge in [0.15, 0.2) is 17.3 Å². The largest absolute Gasteiger partial charge is 0.476 e. The first-order valence-electron chi connectivity index (χ1n) is 6.78. The molecule has 2 rings (SSSR count). The lowest BCUT2D eigenvalue weighted by molar-refractivity contribution is 0.0684. The monoisotopic (exact) mass is 300 g/mol. The summed E-state index contributed by atoms with van der Waals surface area (Å²) in [6, 6.07) is 7.04. The number of benzene rings is 1. The number of hydrogen-bond acceptors (Lipinski definition) is 5. The molecule has 0 atom stereocenters. The second kappa shape index (κ2) is 6.91. The van der Waals surface area contributed by atoms with Crippen molar-refractivity contribution in [1.29, 1.82) is 0 Å². The zero-order valence-electron chi connectivity index (χ0n) is 12.4. The highest BCUT2D eigenvalue weighted by Crippen LogP contribution is 2.14. The summed E-state index contributed by atoms with van der Waals surface area (Å²) in [7, 11) is 1.46. The molecule has 0 spiro atoms. The quantitative estimate of drug-likeness (QED) is 0.822. The van der Waals surface area contributed by atoms with Crippen molar-refractivity contribution in [1.82, 2.24) is 9.97 Å². The summed E-state index contributed by atoms with van der Waals surface area (Å²) in [4.78, 5) is 31.7. The Hall–Kier alpha value is -2.60. The maximum atomic E-state index is 12.5. The second-order valence-electron chi connectivity index (χ2n) is 4.67. The Morgan fingerprint density at radius 3 is 2.45 bits per heavy atom. The third-order valence-electron chi connectivity index (χ3n) is 3.18. The fraction of sp³-hybridized carbons (Fsp3) is 0.250. The van der Waals surface area contributed by atoms with E-state index in [0.717, 1.165) is 12.0 Å². The molecule has 0 aliphatic heterocycles. The standard InChI is InChI=1S/C16H16N2O4/c1-3-10-4-6-11(7-5-10)15(19)12-8-17-13(9-22-2)18-14(12)16(20)21/h4-8H,3,9H2,1-2H3,(H,20,21). The summed E-state index contributed by atoms with van der Waals surface area (Å²) < 4.78 is 4.87. The van der Waals surface area contributed by atoms with E-state index in [1.807, 2.05) is 19.1 Å². The molecule has 114 valence electrons. The number of carbonyl (C=O) groups excluding carboxylic acids is 1. The van der Waals surface area contributed by atoms with Crippen molar-refractivity contribution >= 4 is 11.8 Å². The van der Waals surface area contributed by atoms with Gasteiger partial charge in [-0.2, -0.15) is 0 Å². The van der Waals surface area contributed by atoms with Crippen molar-refractivity contribution in [2.45, 2.75) is 20.0 Å². The lowest BCUT2D eigenvalue weighted by atomic mass is 10.0. The number of aromatic nitrogens is 2. The van der Waals surface area contributed by atoms with Crippen LogP contribution in [0.2, 0.25) is 0 Å². The van der Waals surface area contributed by atoms with Crippen LogP contribution in [0.25, 0.3) is 0 Å². The predicted octanol–water partition coefficient (Wildman–Crippen LogP) is 2.11. The van der Waals surface area contributed by atoms with E-state index in [1.165, 1.54) is 13.3 Å². The first-order valence-corrected chi connectivity index (χ1v) is 6.78. The maximum Gasteiger partial charge on any atom is 0.355 e. The van der Waals surface area contributed by atoms with Crippen LogP contribution < -0.4 is 0 Å². The van der Waals surface area contributed by atoms with Gasteiger partial charge in [-0.1, -0.05) is 31.2 Å². The van der Waals surface area contributed by atoms with Crippen LogP contribution in [0.3, 0.4) is 0 Å². The van der Waals surface area contributed by atoms with E-state index in [0.29, 0.717) is 5.56 Å². The number of rotatable bonds is 6. The van der Waals surface area contributed by atoms with Crippen LogP contribution in [0, 0.1) is 0 Å². The number of ether oxygens (including phenoxy) is 1. The Labute approximate surface area is 127 Å². The van der Waals surface area contributed by atoms with Crippen LogP contribution >= 0.6 is 0 Å². The number of ketones is 1. The van der Waals surface area contributed by atoms with Crippen molar-refractivity contribution in [3.05, 3.63) is 58.7 Å². The number of carboxylic acid groups (broad SMARTS) is 1. The number of aromatic carboxylic acids is 1. The van der Waals surface area contributed by atoms with Crippen LogP contribution in [0.15, 0.2) is 30.5 Å². The lowest BCUT2D eigenvalue weighted by Gasteiger charge is -2.07. The molecule has 1 heterocycles. The fourth-order valence-corrected chi connectivity index (χ4v) is 1.99. The average molecular weight is 300 g/mol. The summed E-state index contributed by atoms with van der Waals surface area (Å²) in [5, 5.41) is 9.25. The van der Waals surface area contributed by atoms with Crippen LogP contribution in [-0.4, -0.2) is 33.9 Å². The average Bonchev–Trinajstić information content (AvgIpc) is 2.54. The van der Waals surface area contributed by atoms with Crippen molar-refractivity contribution < 1.29 is 19.4 Å². The first-order chi connectivity index (χ1) is 10.6. The molecule has 22 heavy (non-hydrogen) atoms. The summed E-state index contributed by atoms with van der Waals surface area (Å²) in [5.74, 6) is -1.46. The zero-order chi connectivity index (χ0) is 16.1. The number of hydrogen-bond donors (Lipinski definition) is 1. The Morgan fingerprint density at radius 2 is 1.91 bits per heavy atom. The number of methoxy groups -OCH3 is 1. The maximum absolute atomic E-state index is 12.5. The number of nitrogens with zero attached hydrogens (tertiary/aromatic N) is 2. The van der Waals surface area contributed by atoms with E-state index >= 15 is 0 Å². The third-order valence-corrected chi connectivity index (χ3v) is 3.18. The molecule has 2 aromatic rings. The molecule has 6 heteroatoms. The topological polar surface area (TPSA) is 89.4 Å². The minimum absolute atomic E-state index is 0.0309. The number of carbonyl (C=O) groups is 2. The van der Waals surface area contributed by atoms with E-state index in [4.69, 9.17) is 4.74 Å². The Balaban J connectivity index is 2.41. The predicted molar refractivity (Wildman–Crippen MR) is 79.0 cm³/mol. The van der Waals surface area contributed by atoms with Crippen molar-refractivity contribution in [2.75, 3.05) is 7.11 Å². The van der Waals surface area contributed by atoms with Gasteiger partial charge in [-0.3, -0.25) is 4.79 Å². The highest BCUT2D eigenvalue weighted by Gasteiger charge is 2.21. The van der Waals surface area contributed by atoms with Gasteiger partial charge in [0.1, 0.15) is 6.61 Å². The van der Waals surface area contributed by atoms with E-state index in [-0.39, 0.29) is 23.7 Å². The van der Waals surface area contributed by atoms with E-state index in [2.05, 4.69) is 9.97 Å². The molecule has 0 amide bonds. The minimum Gasteiger partial charge on any atom is -0.476 e. The Morgan fingerprint density at radius 1 is 1.23 bits per heavy atom. The molecule has 1 N–H and O–H groups in total.